The van der Waals surface area contributed by atoms with Crippen LogP contribution in [0.2, 0.25) is 0 Å². The Morgan fingerprint density at radius 1 is 0.473 bits per heavy atom. The molecule has 0 saturated heterocycles. The summed E-state index contributed by atoms with van der Waals surface area (Å²) in [6.45, 7) is 40.4. The highest BCUT2D eigenvalue weighted by Crippen LogP contribution is 2.86. The summed E-state index contributed by atoms with van der Waals surface area (Å²) in [6.07, 6.45) is 2.55. The molecule has 0 aliphatic carbocycles. The Labute approximate surface area is 344 Å². The first-order valence-corrected chi connectivity index (χ1v) is 24.5. The van der Waals surface area contributed by atoms with Gasteiger partial charge < -0.3 is 12.2 Å². The summed E-state index contributed by atoms with van der Waals surface area (Å²) >= 11 is 7.60. The molecule has 0 aromatic heterocycles. The second-order valence-electron chi connectivity index (χ2n) is 22.1. The third-order valence-corrected chi connectivity index (χ3v) is 19.6. The van der Waals surface area contributed by atoms with Crippen molar-refractivity contribution in [3.8, 4) is 0 Å². The Morgan fingerprint density at radius 3 is 1.20 bits per heavy atom. The third kappa shape index (κ3) is 9.01. The van der Waals surface area contributed by atoms with Gasteiger partial charge in [-0.1, -0.05) is 210 Å². The lowest BCUT2D eigenvalue weighted by molar-refractivity contribution is 0.553. The molecule has 55 heavy (non-hydrogen) atoms. The molecule has 1 aliphatic heterocycles. The highest BCUT2D eigenvalue weighted by Gasteiger charge is 2.51. The topological polar surface area (TPSA) is 0 Å². The quantitative estimate of drug-likeness (QED) is 0.147. The fourth-order valence-electron chi connectivity index (χ4n) is 7.67. The van der Waals surface area contributed by atoms with E-state index < -0.39 is 14.4 Å². The van der Waals surface area contributed by atoms with Crippen molar-refractivity contribution in [3.05, 3.63) is 140 Å². The van der Waals surface area contributed by atoms with Crippen molar-refractivity contribution in [2.75, 3.05) is 0 Å². The molecule has 0 spiro atoms. The van der Waals surface area contributed by atoms with Crippen molar-refractivity contribution in [1.29, 1.82) is 0 Å². The van der Waals surface area contributed by atoms with E-state index in [9.17, 15) is 0 Å². The zero-order chi connectivity index (χ0) is 41.3. The first kappa shape index (κ1) is 43.7. The lowest BCUT2D eigenvalue weighted by Gasteiger charge is -2.41. The first-order valence-electron chi connectivity index (χ1n) is 20.3. The van der Waals surface area contributed by atoms with Crippen molar-refractivity contribution in [3.63, 3.8) is 0 Å². The maximum atomic E-state index is 7.60. The molecule has 2 atom stereocenters. The van der Waals surface area contributed by atoms with Gasteiger partial charge in [-0.15, -0.1) is 0 Å². The summed E-state index contributed by atoms with van der Waals surface area (Å²) in [5.74, 6) is 2.66. The van der Waals surface area contributed by atoms with Crippen LogP contribution in [0.1, 0.15) is 169 Å². The van der Waals surface area contributed by atoms with Gasteiger partial charge in [0.1, 0.15) is 0 Å². The van der Waals surface area contributed by atoms with Gasteiger partial charge >= 0.3 is 0 Å². The van der Waals surface area contributed by atoms with Gasteiger partial charge in [-0.05, 0) is 94.8 Å². The summed E-state index contributed by atoms with van der Waals surface area (Å²) < 4.78 is 0. The van der Waals surface area contributed by atoms with Gasteiger partial charge in [0.25, 0.3) is 0 Å². The van der Waals surface area contributed by atoms with Crippen LogP contribution in [0.15, 0.2) is 95.8 Å². The van der Waals surface area contributed by atoms with E-state index in [1.165, 1.54) is 65.5 Å². The van der Waals surface area contributed by atoms with Gasteiger partial charge in [0.15, 0.2) is 0 Å². The lowest BCUT2D eigenvalue weighted by atomic mass is 9.75. The molecule has 1 aliphatic rings. The normalized spacial score (nSPS) is 19.6. The van der Waals surface area contributed by atoms with E-state index in [0.29, 0.717) is 0 Å². The zero-order valence-electron chi connectivity index (χ0n) is 37.5. The number of benzene rings is 4. The van der Waals surface area contributed by atoms with Gasteiger partial charge in [-0.25, -0.2) is 0 Å². The minimum absolute atomic E-state index is 0.000343. The molecule has 4 aromatic rings. The maximum absolute atomic E-state index is 7.60. The lowest BCUT2D eigenvalue weighted by Crippen LogP contribution is -2.34. The number of hydrogen-bond donors (Lipinski definition) is 0. The molecule has 3 heteroatoms. The van der Waals surface area contributed by atoms with Crippen molar-refractivity contribution < 1.29 is 0 Å². The molecule has 4 aromatic carbocycles. The van der Waals surface area contributed by atoms with Crippen LogP contribution in [-0.4, -0.2) is 0 Å². The molecule has 0 radical (unpaired) electrons. The van der Waals surface area contributed by atoms with E-state index in [0.717, 1.165) is 0 Å². The highest BCUT2D eigenvalue weighted by atomic mass is 32.7. The van der Waals surface area contributed by atoms with Gasteiger partial charge in [-0.3, -0.25) is 0 Å². The SMILES string of the molecule is CC(C)(C)c1cc(C(C)(C)C)c(P2C(c3ccccc3)=C[P+]([S-])(c3c(C(C)(C)C)cc(C(C)(C)C)cc3C(C)(C)C)/C2=C\c2ccccc2)c(C(C)(C)C)c1. The van der Waals surface area contributed by atoms with Crippen LogP contribution in [0.25, 0.3) is 11.4 Å². The molecular weight excluding hydrogens is 719 g/mol. The second-order valence-corrected chi connectivity index (χ2v) is 28.8. The highest BCUT2D eigenvalue weighted by molar-refractivity contribution is 8.51. The van der Waals surface area contributed by atoms with E-state index in [1.807, 2.05) is 0 Å². The second kappa shape index (κ2) is 14.7. The molecule has 0 N–H and O–H groups in total. The van der Waals surface area contributed by atoms with Crippen LogP contribution >= 0.6 is 14.4 Å². The summed E-state index contributed by atoms with van der Waals surface area (Å²) in [5.41, 5.74) is 10.6. The van der Waals surface area contributed by atoms with Gasteiger partial charge in [0, 0.05) is 13.2 Å². The average molecular weight is 789 g/mol. The van der Waals surface area contributed by atoms with E-state index in [1.54, 1.807) is 0 Å². The first-order chi connectivity index (χ1) is 25.0. The molecule has 1 heterocycles. The average Bonchev–Trinajstić information content (AvgIpc) is 3.34. The predicted octanol–water partition coefficient (Wildman–Crippen LogP) is 15.4. The zero-order valence-corrected chi connectivity index (χ0v) is 40.1. The van der Waals surface area contributed by atoms with E-state index in [-0.39, 0.29) is 32.5 Å². The molecular formula is C52H70P2S. The maximum Gasteiger partial charge on any atom is 0.0909 e. The van der Waals surface area contributed by atoms with E-state index in [4.69, 9.17) is 12.2 Å². The third-order valence-electron chi connectivity index (χ3n) is 11.0. The fourth-order valence-corrected chi connectivity index (χ4v) is 18.5. The molecule has 0 amide bonds. The smallest absolute Gasteiger partial charge is 0.0909 e. The van der Waals surface area contributed by atoms with E-state index >= 15 is 0 Å². The molecule has 0 saturated carbocycles. The van der Waals surface area contributed by atoms with Gasteiger partial charge in [0.05, 0.1) is 16.2 Å². The van der Waals surface area contributed by atoms with Crippen LogP contribution in [-0.2, 0) is 44.7 Å². The van der Waals surface area contributed by atoms with Gasteiger partial charge in [-0.2, -0.15) is 0 Å². The fraction of sp³-hybridized carbons (Fsp3) is 0.462. The minimum atomic E-state index is -2.61. The monoisotopic (exact) mass is 788 g/mol. The van der Waals surface area contributed by atoms with Crippen LogP contribution < -0.4 is 10.6 Å². The minimum Gasteiger partial charge on any atom is -0.541 e. The summed E-state index contributed by atoms with van der Waals surface area (Å²) in [7, 11) is -1.06. The van der Waals surface area contributed by atoms with Crippen LogP contribution in [0.3, 0.4) is 0 Å². The van der Waals surface area contributed by atoms with E-state index in [2.05, 4.69) is 221 Å². The molecule has 2 unspecified atom stereocenters. The molecule has 294 valence electrons. The predicted molar refractivity (Wildman–Crippen MR) is 254 cm³/mol. The molecule has 0 fully saturated rings. The van der Waals surface area contributed by atoms with Gasteiger partial charge in [0.2, 0.25) is 0 Å². The van der Waals surface area contributed by atoms with Crippen molar-refractivity contribution in [2.45, 2.75) is 157 Å². The van der Waals surface area contributed by atoms with Crippen molar-refractivity contribution >= 4 is 48.6 Å². The Morgan fingerprint density at radius 2 is 0.836 bits per heavy atom. The Hall–Kier alpha value is -2.43. The Kier molecular flexibility index (Phi) is 11.7. The molecule has 0 nitrogen and oxygen atoms in total. The van der Waals surface area contributed by atoms with Crippen LogP contribution in [0, 0.1) is 0 Å². The number of rotatable bonds is 4. The summed E-state index contributed by atoms with van der Waals surface area (Å²) in [4.78, 5) is 0. The largest absolute Gasteiger partial charge is 0.541 e. The summed E-state index contributed by atoms with van der Waals surface area (Å²) in [6, 6.07) is 32.5. The molecule has 0 bridgehead atoms. The van der Waals surface area contributed by atoms with Crippen molar-refractivity contribution in [2.24, 2.45) is 0 Å². The van der Waals surface area contributed by atoms with Crippen molar-refractivity contribution in [1.82, 2.24) is 0 Å². The molecule has 5 rings (SSSR count). The standard InChI is InChI=1S/C52H70P2S/c1-47(2,3)37-30-39(49(7,8)9)45(40(31-37)50(10,11)12)53-43(36-27-23-20-24-28-36)34-54(55,44(53)29-35-25-21-19-22-26-35)46-41(51(13,14)15)32-38(48(4,5)6)33-42(46)52(16,17)18/h19-34H,1-18H3/b44-29-. The summed E-state index contributed by atoms with van der Waals surface area (Å²) in [5, 5.41) is 5.78. The van der Waals surface area contributed by atoms with Crippen LogP contribution in [0.4, 0.5) is 0 Å². The Balaban J connectivity index is 2.10. The number of hydrogen-bond acceptors (Lipinski definition) is 1. The van der Waals surface area contributed by atoms with Crippen LogP contribution in [0.5, 0.6) is 0 Å². The Bertz CT molecular complexity index is 2020.